The molecule has 26 heteroatoms. The van der Waals surface area contributed by atoms with Crippen molar-refractivity contribution in [2.45, 2.75) is 320 Å². The molecule has 6 aliphatic heterocycles. The maximum Gasteiger partial charge on any atom is 0.329 e. The van der Waals surface area contributed by atoms with Crippen LogP contribution in [0.2, 0.25) is 0 Å². The van der Waals surface area contributed by atoms with E-state index in [1.165, 1.54) is 42.7 Å². The van der Waals surface area contributed by atoms with Crippen LogP contribution < -0.4 is 0 Å². The molecule has 2 saturated carbocycles. The standard InChI is InChI=1S/C86H134N2O24/c1-47-33-49(3)37-71(105-13)77-73(107-15)41-53(7)85(101,111-77)79(95)81(97)87-31-21-19-25-61(87)83(99)109-75(51(5)39-57-27-29-63(89)69(43-57)103-11)55(9)65(91)45-67(93)59(35-47)23-17-18-24-60-36-48(2)34-50(4)38-72(106-14)78-74(108-16)42-54(8)86(102,112-78)80(96)82(98)88-32-22-20-26-62(88)84(100)110-76(56(10)66(92)46-68(60)94)52(6)40-58-28-30-64(90)70(44-58)104-12/h17-18,35-36,39-40,49-50,53-66,69-78,89-92,101-102H,19-34,37-38,41-46H2,1-16H3/b18-17+,47-35+,48-36+,51-39+,52-40+/t49-,50-,53+,54+,55+,56+,57-,58-,59+,60+,61-,62?,63+,64+,65-,66-,69+,70+,71-,72-,73-,74-,75+,76+,77+,78+,85+,86+/m0/s1. The highest BCUT2D eigenvalue weighted by molar-refractivity contribution is 6.39. The van der Waals surface area contributed by atoms with E-state index in [-0.39, 0.29) is 99.7 Å². The lowest BCUT2D eigenvalue weighted by Crippen LogP contribution is -2.64. The van der Waals surface area contributed by atoms with Crippen LogP contribution in [0.25, 0.3) is 0 Å². The molecule has 26 nitrogen and oxygen atoms in total. The summed E-state index contributed by atoms with van der Waals surface area (Å²) in [7, 11) is 9.04. The molecule has 6 N–H and O–H groups in total. The van der Waals surface area contributed by atoms with Gasteiger partial charge in [0.2, 0.25) is 11.6 Å². The summed E-state index contributed by atoms with van der Waals surface area (Å²) in [4.78, 5) is 122. The van der Waals surface area contributed by atoms with Crippen LogP contribution in [0.5, 0.6) is 0 Å². The number of methoxy groups -OCH3 is 6. The number of ketones is 4. The first-order chi connectivity index (χ1) is 53.1. The van der Waals surface area contributed by atoms with Crippen molar-refractivity contribution >= 4 is 46.9 Å². The molecule has 0 radical (unpaired) electrons. The third-order valence-corrected chi connectivity index (χ3v) is 25.9. The van der Waals surface area contributed by atoms with Crippen molar-refractivity contribution in [1.29, 1.82) is 0 Å². The van der Waals surface area contributed by atoms with Crippen LogP contribution in [0.3, 0.4) is 0 Å². The minimum atomic E-state index is -2.63. The van der Waals surface area contributed by atoms with Crippen molar-refractivity contribution in [2.75, 3.05) is 55.7 Å². The molecule has 112 heavy (non-hydrogen) atoms. The van der Waals surface area contributed by atoms with Gasteiger partial charge in [-0.25, -0.2) is 9.59 Å². The number of esters is 2. The molecule has 0 aromatic heterocycles. The van der Waals surface area contributed by atoms with Gasteiger partial charge < -0.3 is 87.8 Å². The number of amides is 2. The molecule has 8 rings (SSSR count). The predicted octanol–water partition coefficient (Wildman–Crippen LogP) is 8.48. The number of carbonyl (C=O) groups excluding carboxylic acids is 8. The summed E-state index contributed by atoms with van der Waals surface area (Å²) < 4.78 is 61.2. The highest BCUT2D eigenvalue weighted by Gasteiger charge is 2.59. The molecule has 28 atom stereocenters. The Labute approximate surface area is 663 Å². The van der Waals surface area contributed by atoms with E-state index in [1.807, 2.05) is 64.2 Å². The molecule has 6 fully saturated rings. The van der Waals surface area contributed by atoms with Gasteiger partial charge in [0.15, 0.2) is 0 Å². The number of piperidine rings is 2. The molecule has 0 aromatic rings. The maximum atomic E-state index is 15.3. The Balaban J connectivity index is 1.16. The van der Waals surface area contributed by atoms with Gasteiger partial charge in [0, 0.05) is 104 Å². The lowest BCUT2D eigenvalue weighted by Gasteiger charge is -2.47. The van der Waals surface area contributed by atoms with Crippen molar-refractivity contribution in [2.24, 2.45) is 59.2 Å². The van der Waals surface area contributed by atoms with E-state index in [0.29, 0.717) is 101 Å². The zero-order chi connectivity index (χ0) is 82.4. The van der Waals surface area contributed by atoms with E-state index in [0.717, 1.165) is 20.9 Å². The van der Waals surface area contributed by atoms with Gasteiger partial charge in [-0.15, -0.1) is 0 Å². The van der Waals surface area contributed by atoms with E-state index in [9.17, 15) is 59.4 Å². The second kappa shape index (κ2) is 41.7. The maximum absolute atomic E-state index is 15.3. The Kier molecular flexibility index (Phi) is 34.3. The van der Waals surface area contributed by atoms with Gasteiger partial charge in [0.05, 0.1) is 61.0 Å². The zero-order valence-electron chi connectivity index (χ0n) is 69.4. The number of cyclic esters (lactones) is 2. The Morgan fingerprint density at radius 3 is 1.13 bits per heavy atom. The third kappa shape index (κ3) is 22.5. The number of rotatable bonds is 14. The zero-order valence-corrected chi connectivity index (χ0v) is 69.4. The van der Waals surface area contributed by atoms with E-state index >= 15 is 9.59 Å². The summed E-state index contributed by atoms with van der Waals surface area (Å²) in [6.07, 6.45) is 5.17. The second-order valence-electron chi connectivity index (χ2n) is 34.4. The van der Waals surface area contributed by atoms with Crippen molar-refractivity contribution in [1.82, 2.24) is 9.80 Å². The predicted molar refractivity (Wildman–Crippen MR) is 414 cm³/mol. The average molecular weight is 1580 g/mol. The number of aliphatic hydroxyl groups is 6. The molecule has 1 unspecified atom stereocenters. The molecular formula is C86H134N2O24. The normalized spacial score (nSPS) is 41.8. The molecule has 0 aromatic carbocycles. The van der Waals surface area contributed by atoms with E-state index < -0.39 is 180 Å². The van der Waals surface area contributed by atoms with Gasteiger partial charge in [-0.2, -0.15) is 0 Å². The monoisotopic (exact) mass is 1580 g/mol. The fourth-order valence-electron chi connectivity index (χ4n) is 19.0. The number of ether oxygens (including phenoxy) is 10. The van der Waals surface area contributed by atoms with Crippen molar-refractivity contribution < 1.29 is 116 Å². The average Bonchev–Trinajstić information content (AvgIpc) is 0.788. The summed E-state index contributed by atoms with van der Waals surface area (Å²) in [6.45, 7) is 17.9. The highest BCUT2D eigenvalue weighted by atomic mass is 16.7. The minimum Gasteiger partial charge on any atom is -0.456 e. The van der Waals surface area contributed by atoms with Gasteiger partial charge in [-0.1, -0.05) is 89.1 Å². The van der Waals surface area contributed by atoms with Crippen molar-refractivity contribution in [3.05, 3.63) is 58.7 Å². The van der Waals surface area contributed by atoms with Crippen LogP contribution in [0.15, 0.2) is 58.7 Å². The SMILES string of the molecule is CO[C@H]1C[C@@H](C)C/C(C)=C/[C@@H](C/C=C/C[C@@H]2/C=C(\C)C[C@H](C)C[C@H](OC)[C@H]3O[C@@](O)(C(=O)C(=O)N4CCCC[C@H]4C(=O)O[C@H](/C(C)=C/[C@@H]4CC[C@@H](O)[C@H](OC)C4)[C@H](C)[C@@H](O)CC2=O)[C@H](C)C[C@@H]3OC)C(=O)C[C@H](O)[C@@H](C)[C@@H](/C(C)=C/[C@@H]2CC[C@@H](O)[C@H](OC)C2)OC(=O)C2CCCCN2C(=O)C(=O)[C@]2(O)O[C@H]1[C@@H](OC)C[C@H]2C. The Bertz CT molecular complexity index is 3160. The lowest BCUT2D eigenvalue weighted by atomic mass is 9.81. The van der Waals surface area contributed by atoms with Crippen LogP contribution in [-0.4, -0.2) is 252 Å². The number of Topliss-reactive ketones (excluding diaryl/α,β-unsaturated/α-hetero) is 4. The molecule has 2 aliphatic carbocycles. The molecule has 4 bridgehead atoms. The van der Waals surface area contributed by atoms with Crippen molar-refractivity contribution in [3.63, 3.8) is 0 Å². The fourth-order valence-corrected chi connectivity index (χ4v) is 19.0. The molecule has 4 saturated heterocycles. The highest BCUT2D eigenvalue weighted by Crippen LogP contribution is 2.43. The summed E-state index contributed by atoms with van der Waals surface area (Å²) in [5, 5.41) is 71.5. The molecule has 8 aliphatic rings. The number of fused-ring (bicyclic) bond motifs is 6. The van der Waals surface area contributed by atoms with Gasteiger partial charge in [0.25, 0.3) is 23.4 Å². The third-order valence-electron chi connectivity index (χ3n) is 25.9. The van der Waals surface area contributed by atoms with E-state index in [1.54, 1.807) is 41.5 Å². The first-order valence-corrected chi connectivity index (χ1v) is 41.3. The first-order valence-electron chi connectivity index (χ1n) is 41.3. The van der Waals surface area contributed by atoms with Crippen LogP contribution in [0, 0.1) is 59.2 Å². The summed E-state index contributed by atoms with van der Waals surface area (Å²) in [5.41, 5.74) is 2.73. The molecule has 2 amide bonds. The molecule has 632 valence electrons. The first kappa shape index (κ1) is 92.2. The van der Waals surface area contributed by atoms with Crippen LogP contribution >= 0.6 is 0 Å². The Morgan fingerprint density at radius 1 is 0.455 bits per heavy atom. The Hall–Kier alpha value is -5.30. The van der Waals surface area contributed by atoms with E-state index in [4.69, 9.17) is 47.4 Å². The number of hydrogen-bond acceptors (Lipinski definition) is 24. The quantitative estimate of drug-likeness (QED) is 0.0539. The molecule has 0 spiro atoms. The van der Waals surface area contributed by atoms with Crippen LogP contribution in [0.4, 0.5) is 0 Å². The number of allylic oxidation sites excluding steroid dienone is 8. The van der Waals surface area contributed by atoms with Gasteiger partial charge in [-0.3, -0.25) is 28.8 Å². The van der Waals surface area contributed by atoms with Gasteiger partial charge >= 0.3 is 11.9 Å². The minimum absolute atomic E-state index is 0.000702. The topological polar surface area (TPSA) is 357 Å². The summed E-state index contributed by atoms with van der Waals surface area (Å²) in [5.74, 6) is -18.4. The van der Waals surface area contributed by atoms with E-state index in [2.05, 4.69) is 0 Å². The summed E-state index contributed by atoms with van der Waals surface area (Å²) >= 11 is 0. The number of hydrogen-bond donors (Lipinski definition) is 6. The number of carbonyl (C=O) groups is 8. The van der Waals surface area contributed by atoms with Crippen LogP contribution in [-0.2, 0) is 85.7 Å². The van der Waals surface area contributed by atoms with Gasteiger partial charge in [-0.05, 0) is 191 Å². The van der Waals surface area contributed by atoms with Crippen molar-refractivity contribution in [3.8, 4) is 0 Å². The van der Waals surface area contributed by atoms with Crippen LogP contribution in [0.1, 0.15) is 210 Å². The molecule has 6 heterocycles. The Morgan fingerprint density at radius 2 is 0.795 bits per heavy atom. The molecular weight excluding hydrogens is 1440 g/mol. The fraction of sp³-hybridized carbons (Fsp3) is 0.791. The lowest BCUT2D eigenvalue weighted by molar-refractivity contribution is -0.302. The largest absolute Gasteiger partial charge is 0.456 e. The summed E-state index contributed by atoms with van der Waals surface area (Å²) in [6, 6.07) is -2.54. The van der Waals surface area contributed by atoms with Gasteiger partial charge in [0.1, 0.15) is 48.1 Å². The number of aliphatic hydroxyl groups excluding tert-OH is 4. The number of nitrogens with zero attached hydrogens (tertiary/aromatic N) is 2. The second-order valence-corrected chi connectivity index (χ2v) is 34.4. The smallest absolute Gasteiger partial charge is 0.329 e.